The normalized spacial score (nSPS) is 20.1. The molecule has 1 saturated carbocycles. The Kier molecular flexibility index (Phi) is 2.93. The van der Waals surface area contributed by atoms with Crippen LogP contribution in [0.1, 0.15) is 24.8 Å². The number of aryl methyl sites for hydroxylation is 1. The summed E-state index contributed by atoms with van der Waals surface area (Å²) >= 11 is 0. The molecular weight excluding hydrogens is 214 g/mol. The van der Waals surface area contributed by atoms with Crippen LogP contribution in [0.2, 0.25) is 0 Å². The molecule has 2 N–H and O–H groups in total. The molecule has 1 unspecified atom stereocenters. The maximum atomic E-state index is 6.11. The van der Waals surface area contributed by atoms with Gasteiger partial charge in [0.2, 0.25) is 0 Å². The van der Waals surface area contributed by atoms with Crippen molar-refractivity contribution in [3.63, 3.8) is 0 Å². The zero-order valence-electron chi connectivity index (χ0n) is 10.0. The minimum atomic E-state index is 0.378. The first-order valence-electron chi connectivity index (χ1n) is 6.47. The summed E-state index contributed by atoms with van der Waals surface area (Å²) in [6, 6.07) is 6.59. The largest absolute Gasteiger partial charge is 0.486 e. The lowest BCUT2D eigenvalue weighted by Gasteiger charge is -2.19. The Morgan fingerprint density at radius 1 is 1.18 bits per heavy atom. The van der Waals surface area contributed by atoms with Crippen molar-refractivity contribution in [1.82, 2.24) is 0 Å². The topological polar surface area (TPSA) is 44.5 Å². The lowest BCUT2D eigenvalue weighted by atomic mass is 10.0. The molecule has 2 aliphatic rings. The first-order chi connectivity index (χ1) is 8.33. The molecule has 3 heteroatoms. The molecule has 0 amide bonds. The van der Waals surface area contributed by atoms with Gasteiger partial charge >= 0.3 is 0 Å². The van der Waals surface area contributed by atoms with Crippen molar-refractivity contribution in [3.05, 3.63) is 23.8 Å². The van der Waals surface area contributed by atoms with Crippen molar-refractivity contribution < 1.29 is 9.47 Å². The lowest BCUT2D eigenvalue weighted by molar-refractivity contribution is 0.171. The van der Waals surface area contributed by atoms with Crippen LogP contribution in [0.3, 0.4) is 0 Å². The molecule has 1 fully saturated rings. The van der Waals surface area contributed by atoms with E-state index < -0.39 is 0 Å². The molecule has 0 aromatic heterocycles. The van der Waals surface area contributed by atoms with E-state index in [1.54, 1.807) is 0 Å². The summed E-state index contributed by atoms with van der Waals surface area (Å²) in [6.07, 6.45) is 4.75. The molecule has 92 valence electrons. The number of rotatable bonds is 4. The van der Waals surface area contributed by atoms with Gasteiger partial charge in [-0.3, -0.25) is 0 Å². The van der Waals surface area contributed by atoms with E-state index in [1.807, 2.05) is 6.07 Å². The number of fused-ring (bicyclic) bond motifs is 1. The van der Waals surface area contributed by atoms with Crippen LogP contribution in [-0.4, -0.2) is 19.3 Å². The van der Waals surface area contributed by atoms with Gasteiger partial charge in [-0.25, -0.2) is 0 Å². The molecule has 1 heterocycles. The highest BCUT2D eigenvalue weighted by molar-refractivity contribution is 5.43. The number of hydrogen-bond acceptors (Lipinski definition) is 3. The quantitative estimate of drug-likeness (QED) is 0.866. The molecule has 1 atom stereocenters. The molecule has 0 bridgehead atoms. The van der Waals surface area contributed by atoms with Crippen LogP contribution in [-0.2, 0) is 6.42 Å². The van der Waals surface area contributed by atoms with E-state index in [0.29, 0.717) is 19.3 Å². The third kappa shape index (κ3) is 2.55. The molecule has 3 nitrogen and oxygen atoms in total. The second kappa shape index (κ2) is 4.57. The molecule has 1 aromatic carbocycles. The minimum Gasteiger partial charge on any atom is -0.486 e. The number of nitrogens with two attached hydrogens (primary N) is 1. The van der Waals surface area contributed by atoms with Gasteiger partial charge in [-0.05, 0) is 49.3 Å². The van der Waals surface area contributed by atoms with Crippen LogP contribution in [0.15, 0.2) is 18.2 Å². The van der Waals surface area contributed by atoms with Crippen molar-refractivity contribution in [2.45, 2.75) is 31.7 Å². The fourth-order valence-electron chi connectivity index (χ4n) is 2.34. The molecular formula is C14H19NO2. The second-order valence-corrected chi connectivity index (χ2v) is 5.02. The fourth-order valence-corrected chi connectivity index (χ4v) is 2.34. The smallest absolute Gasteiger partial charge is 0.161 e. The summed E-state index contributed by atoms with van der Waals surface area (Å²) in [5, 5.41) is 0. The van der Waals surface area contributed by atoms with E-state index in [0.717, 1.165) is 30.3 Å². The summed E-state index contributed by atoms with van der Waals surface area (Å²) in [5.41, 5.74) is 7.41. The van der Waals surface area contributed by atoms with Gasteiger partial charge in [0.15, 0.2) is 11.5 Å². The van der Waals surface area contributed by atoms with Crippen molar-refractivity contribution >= 4 is 0 Å². The van der Waals surface area contributed by atoms with E-state index in [9.17, 15) is 0 Å². The van der Waals surface area contributed by atoms with Gasteiger partial charge < -0.3 is 15.2 Å². The Morgan fingerprint density at radius 2 is 1.94 bits per heavy atom. The molecule has 1 aromatic rings. The van der Waals surface area contributed by atoms with E-state index in [2.05, 4.69) is 12.1 Å². The highest BCUT2D eigenvalue weighted by Crippen LogP contribution is 2.34. The van der Waals surface area contributed by atoms with E-state index >= 15 is 0 Å². The summed E-state index contributed by atoms with van der Waals surface area (Å²) in [6.45, 7) is 1.30. The zero-order valence-corrected chi connectivity index (χ0v) is 10.0. The fraction of sp³-hybridized carbons (Fsp3) is 0.571. The van der Waals surface area contributed by atoms with Crippen molar-refractivity contribution in [2.75, 3.05) is 13.2 Å². The number of ether oxygens (including phenoxy) is 2. The highest BCUT2D eigenvalue weighted by Gasteiger charge is 2.27. The van der Waals surface area contributed by atoms with Gasteiger partial charge in [0.05, 0.1) is 0 Å². The highest BCUT2D eigenvalue weighted by atomic mass is 16.6. The van der Waals surface area contributed by atoms with Gasteiger partial charge in [0.1, 0.15) is 13.2 Å². The van der Waals surface area contributed by atoms with Crippen LogP contribution in [0, 0.1) is 5.92 Å². The van der Waals surface area contributed by atoms with Crippen LogP contribution >= 0.6 is 0 Å². The third-order valence-corrected chi connectivity index (χ3v) is 3.60. The van der Waals surface area contributed by atoms with Crippen LogP contribution in [0.25, 0.3) is 0 Å². The lowest BCUT2D eigenvalue weighted by Crippen LogP contribution is -2.23. The molecule has 3 rings (SSSR count). The van der Waals surface area contributed by atoms with Gasteiger partial charge in [-0.2, -0.15) is 0 Å². The second-order valence-electron chi connectivity index (χ2n) is 5.02. The van der Waals surface area contributed by atoms with Crippen molar-refractivity contribution in [1.29, 1.82) is 0 Å². The maximum Gasteiger partial charge on any atom is 0.161 e. The third-order valence-electron chi connectivity index (χ3n) is 3.60. The van der Waals surface area contributed by atoms with E-state index in [-0.39, 0.29) is 0 Å². The Hall–Kier alpha value is -1.22. The van der Waals surface area contributed by atoms with Crippen LogP contribution < -0.4 is 15.2 Å². The predicted molar refractivity (Wildman–Crippen MR) is 66.5 cm³/mol. The zero-order chi connectivity index (χ0) is 11.7. The molecule has 0 saturated heterocycles. The summed E-state index contributed by atoms with van der Waals surface area (Å²) in [5.74, 6) is 2.53. The standard InChI is InChI=1S/C14H19NO2/c15-12(11-3-4-11)5-1-10-2-6-13-14(9-10)17-8-7-16-13/h2,6,9,11-12H,1,3-5,7-8,15H2. The number of benzene rings is 1. The first-order valence-corrected chi connectivity index (χ1v) is 6.47. The SMILES string of the molecule is NC(CCc1ccc2c(c1)OCCO2)C1CC1. The van der Waals surface area contributed by atoms with Gasteiger partial charge in [0, 0.05) is 6.04 Å². The molecule has 1 aliphatic heterocycles. The van der Waals surface area contributed by atoms with Gasteiger partial charge in [-0.15, -0.1) is 0 Å². The minimum absolute atomic E-state index is 0.378. The summed E-state index contributed by atoms with van der Waals surface area (Å²) in [7, 11) is 0. The first kappa shape index (κ1) is 10.9. The maximum absolute atomic E-state index is 6.11. The Balaban J connectivity index is 1.62. The Morgan fingerprint density at radius 3 is 2.71 bits per heavy atom. The Labute approximate surface area is 102 Å². The van der Waals surface area contributed by atoms with Gasteiger partial charge in [-0.1, -0.05) is 6.07 Å². The van der Waals surface area contributed by atoms with Crippen molar-refractivity contribution in [2.24, 2.45) is 11.7 Å². The summed E-state index contributed by atoms with van der Waals surface area (Å²) in [4.78, 5) is 0. The van der Waals surface area contributed by atoms with E-state index in [1.165, 1.54) is 18.4 Å². The summed E-state index contributed by atoms with van der Waals surface area (Å²) < 4.78 is 11.1. The molecule has 0 spiro atoms. The predicted octanol–water partition coefficient (Wildman–Crippen LogP) is 2.13. The molecule has 0 radical (unpaired) electrons. The van der Waals surface area contributed by atoms with E-state index in [4.69, 9.17) is 15.2 Å². The Bertz CT molecular complexity index is 401. The average molecular weight is 233 g/mol. The monoisotopic (exact) mass is 233 g/mol. The van der Waals surface area contributed by atoms with Gasteiger partial charge in [0.25, 0.3) is 0 Å². The molecule has 1 aliphatic carbocycles. The van der Waals surface area contributed by atoms with Crippen molar-refractivity contribution in [3.8, 4) is 11.5 Å². The molecule has 17 heavy (non-hydrogen) atoms. The van der Waals surface area contributed by atoms with Crippen LogP contribution in [0.4, 0.5) is 0 Å². The van der Waals surface area contributed by atoms with Crippen LogP contribution in [0.5, 0.6) is 11.5 Å². The average Bonchev–Trinajstić information content (AvgIpc) is 3.20. The number of hydrogen-bond donors (Lipinski definition) is 1.